The Morgan fingerprint density at radius 3 is 2.12 bits per heavy atom. The third-order valence-electron chi connectivity index (χ3n) is 2.03. The van der Waals surface area contributed by atoms with Gasteiger partial charge < -0.3 is 15.2 Å². The SMILES string of the molecule is CC(C)(CCCC(=O)O)NC(=O)OC(C)(C)C. The highest BCUT2D eigenvalue weighted by atomic mass is 16.6. The number of nitrogens with one attached hydrogen (secondary N) is 1. The van der Waals surface area contributed by atoms with E-state index in [1.165, 1.54) is 0 Å². The van der Waals surface area contributed by atoms with Crippen LogP contribution in [0.5, 0.6) is 0 Å². The number of carbonyl (C=O) groups excluding carboxylic acids is 1. The standard InChI is InChI=1S/C12H23NO4/c1-11(2,3)17-10(16)13-12(4,5)8-6-7-9(14)15/h6-8H2,1-5H3,(H,13,16)(H,14,15). The first-order chi connectivity index (χ1) is 7.52. The van der Waals surface area contributed by atoms with E-state index in [9.17, 15) is 9.59 Å². The molecule has 0 rings (SSSR count). The highest BCUT2D eigenvalue weighted by molar-refractivity contribution is 5.68. The van der Waals surface area contributed by atoms with Crippen LogP contribution in [0.15, 0.2) is 0 Å². The number of ether oxygens (including phenoxy) is 1. The normalized spacial score (nSPS) is 12.1. The summed E-state index contributed by atoms with van der Waals surface area (Å²) in [7, 11) is 0. The van der Waals surface area contributed by atoms with Gasteiger partial charge in [-0.15, -0.1) is 0 Å². The summed E-state index contributed by atoms with van der Waals surface area (Å²) in [5.74, 6) is -0.821. The summed E-state index contributed by atoms with van der Waals surface area (Å²) in [5, 5.41) is 11.3. The van der Waals surface area contributed by atoms with Gasteiger partial charge in [0.05, 0.1) is 0 Å². The van der Waals surface area contributed by atoms with E-state index in [2.05, 4.69) is 5.32 Å². The van der Waals surface area contributed by atoms with Gasteiger partial charge in [0.25, 0.3) is 0 Å². The van der Waals surface area contributed by atoms with Gasteiger partial charge in [0.15, 0.2) is 0 Å². The van der Waals surface area contributed by atoms with Gasteiger partial charge in [-0.2, -0.15) is 0 Å². The van der Waals surface area contributed by atoms with Crippen molar-refractivity contribution in [3.8, 4) is 0 Å². The van der Waals surface area contributed by atoms with Crippen LogP contribution in [-0.4, -0.2) is 28.3 Å². The molecule has 0 aromatic rings. The largest absolute Gasteiger partial charge is 0.481 e. The average molecular weight is 245 g/mol. The van der Waals surface area contributed by atoms with Gasteiger partial charge in [0, 0.05) is 12.0 Å². The van der Waals surface area contributed by atoms with Gasteiger partial charge in [0.2, 0.25) is 0 Å². The van der Waals surface area contributed by atoms with Crippen LogP contribution in [0.2, 0.25) is 0 Å². The number of aliphatic carboxylic acids is 1. The van der Waals surface area contributed by atoms with Crippen LogP contribution >= 0.6 is 0 Å². The zero-order chi connectivity index (χ0) is 13.7. The molecule has 0 heterocycles. The molecular weight excluding hydrogens is 222 g/mol. The Morgan fingerprint density at radius 2 is 1.71 bits per heavy atom. The van der Waals surface area contributed by atoms with E-state index in [-0.39, 0.29) is 6.42 Å². The van der Waals surface area contributed by atoms with Crippen LogP contribution in [0.25, 0.3) is 0 Å². The van der Waals surface area contributed by atoms with Crippen molar-refractivity contribution in [2.45, 2.75) is 65.0 Å². The lowest BCUT2D eigenvalue weighted by Gasteiger charge is -2.28. The van der Waals surface area contributed by atoms with Crippen molar-refractivity contribution in [3.05, 3.63) is 0 Å². The van der Waals surface area contributed by atoms with Crippen molar-refractivity contribution in [1.82, 2.24) is 5.32 Å². The summed E-state index contributed by atoms with van der Waals surface area (Å²) in [6, 6.07) is 0. The smallest absolute Gasteiger partial charge is 0.408 e. The Kier molecular flexibility index (Phi) is 5.45. The third kappa shape index (κ3) is 9.66. The monoisotopic (exact) mass is 245 g/mol. The summed E-state index contributed by atoms with van der Waals surface area (Å²) in [6.45, 7) is 9.08. The maximum absolute atomic E-state index is 11.5. The molecule has 5 heteroatoms. The van der Waals surface area contributed by atoms with Gasteiger partial charge in [-0.25, -0.2) is 4.79 Å². The van der Waals surface area contributed by atoms with E-state index in [0.717, 1.165) is 0 Å². The van der Waals surface area contributed by atoms with Gasteiger partial charge in [-0.05, 0) is 47.5 Å². The van der Waals surface area contributed by atoms with Crippen LogP contribution < -0.4 is 5.32 Å². The fourth-order valence-electron chi connectivity index (χ4n) is 1.32. The van der Waals surface area contributed by atoms with Crippen molar-refractivity contribution in [2.75, 3.05) is 0 Å². The average Bonchev–Trinajstić information content (AvgIpc) is 1.96. The van der Waals surface area contributed by atoms with E-state index in [1.54, 1.807) is 20.8 Å². The quantitative estimate of drug-likeness (QED) is 0.780. The van der Waals surface area contributed by atoms with Crippen molar-refractivity contribution < 1.29 is 19.4 Å². The van der Waals surface area contributed by atoms with Crippen molar-refractivity contribution in [1.29, 1.82) is 0 Å². The molecule has 0 unspecified atom stereocenters. The summed E-state index contributed by atoms with van der Waals surface area (Å²) >= 11 is 0. The fourth-order valence-corrected chi connectivity index (χ4v) is 1.32. The van der Waals surface area contributed by atoms with Gasteiger partial charge in [-0.3, -0.25) is 4.79 Å². The molecule has 0 aromatic carbocycles. The van der Waals surface area contributed by atoms with Gasteiger partial charge >= 0.3 is 12.1 Å². The molecule has 0 aliphatic heterocycles. The summed E-state index contributed by atoms with van der Waals surface area (Å²) in [4.78, 5) is 21.9. The number of hydrogen-bond donors (Lipinski definition) is 2. The Balaban J connectivity index is 4.07. The van der Waals surface area contributed by atoms with Gasteiger partial charge in [-0.1, -0.05) is 0 Å². The molecule has 0 spiro atoms. The second-order valence-corrected chi connectivity index (χ2v) is 5.76. The topological polar surface area (TPSA) is 75.6 Å². The molecule has 0 aliphatic carbocycles. The van der Waals surface area contributed by atoms with E-state index in [0.29, 0.717) is 12.8 Å². The minimum absolute atomic E-state index is 0.111. The molecule has 0 atom stereocenters. The molecule has 0 bridgehead atoms. The summed E-state index contributed by atoms with van der Waals surface area (Å²) in [5.41, 5.74) is -0.987. The predicted octanol–water partition coefficient (Wildman–Crippen LogP) is 2.54. The molecule has 2 N–H and O–H groups in total. The molecule has 17 heavy (non-hydrogen) atoms. The number of hydrogen-bond acceptors (Lipinski definition) is 3. The zero-order valence-corrected chi connectivity index (χ0v) is 11.3. The number of carboxylic acid groups (broad SMARTS) is 1. The molecule has 0 fully saturated rings. The fraction of sp³-hybridized carbons (Fsp3) is 0.833. The molecule has 0 saturated carbocycles. The van der Waals surface area contributed by atoms with Crippen LogP contribution in [0.3, 0.4) is 0 Å². The number of rotatable bonds is 5. The predicted molar refractivity (Wildman–Crippen MR) is 64.9 cm³/mol. The van der Waals surface area contributed by atoms with E-state index in [1.807, 2.05) is 13.8 Å². The number of carbonyl (C=O) groups is 2. The van der Waals surface area contributed by atoms with Crippen LogP contribution in [0.1, 0.15) is 53.9 Å². The highest BCUT2D eigenvalue weighted by Gasteiger charge is 2.24. The summed E-state index contributed by atoms with van der Waals surface area (Å²) < 4.78 is 5.13. The first-order valence-electron chi connectivity index (χ1n) is 5.75. The van der Waals surface area contributed by atoms with Crippen molar-refractivity contribution in [2.24, 2.45) is 0 Å². The van der Waals surface area contributed by atoms with Crippen molar-refractivity contribution >= 4 is 12.1 Å². The lowest BCUT2D eigenvalue weighted by Crippen LogP contribution is -2.45. The minimum Gasteiger partial charge on any atom is -0.481 e. The molecule has 0 radical (unpaired) electrons. The number of alkyl carbamates (subject to hydrolysis) is 1. The Morgan fingerprint density at radius 1 is 1.18 bits per heavy atom. The van der Waals surface area contributed by atoms with Gasteiger partial charge in [0.1, 0.15) is 5.60 Å². The summed E-state index contributed by atoms with van der Waals surface area (Å²) in [6.07, 6.45) is 0.758. The molecule has 5 nitrogen and oxygen atoms in total. The Labute approximate surface area is 103 Å². The van der Waals surface area contributed by atoms with Crippen LogP contribution in [0, 0.1) is 0 Å². The first kappa shape index (κ1) is 15.7. The molecule has 0 saturated heterocycles. The lowest BCUT2D eigenvalue weighted by molar-refractivity contribution is -0.137. The third-order valence-corrected chi connectivity index (χ3v) is 2.03. The molecule has 100 valence electrons. The first-order valence-corrected chi connectivity index (χ1v) is 5.75. The Hall–Kier alpha value is -1.26. The van der Waals surface area contributed by atoms with Crippen molar-refractivity contribution in [3.63, 3.8) is 0 Å². The maximum atomic E-state index is 11.5. The molecular formula is C12H23NO4. The van der Waals surface area contributed by atoms with E-state index in [4.69, 9.17) is 9.84 Å². The second kappa shape index (κ2) is 5.89. The Bertz CT molecular complexity index is 279. The maximum Gasteiger partial charge on any atom is 0.408 e. The number of carboxylic acids is 1. The molecule has 0 aromatic heterocycles. The lowest BCUT2D eigenvalue weighted by atomic mass is 9.97. The highest BCUT2D eigenvalue weighted by Crippen LogP contribution is 2.15. The van der Waals surface area contributed by atoms with Crippen LogP contribution in [0.4, 0.5) is 4.79 Å². The molecule has 1 amide bonds. The number of amides is 1. The second-order valence-electron chi connectivity index (χ2n) is 5.76. The zero-order valence-electron chi connectivity index (χ0n) is 11.3. The molecule has 0 aliphatic rings. The van der Waals surface area contributed by atoms with E-state index < -0.39 is 23.2 Å². The minimum atomic E-state index is -0.821. The van der Waals surface area contributed by atoms with Crippen LogP contribution in [-0.2, 0) is 9.53 Å². The van der Waals surface area contributed by atoms with E-state index >= 15 is 0 Å².